The fourth-order valence-electron chi connectivity index (χ4n) is 2.61. The van der Waals surface area contributed by atoms with Crippen LogP contribution in [0.4, 0.5) is 4.39 Å². The molecule has 0 spiro atoms. The first kappa shape index (κ1) is 15.4. The van der Waals surface area contributed by atoms with Crippen LogP contribution in [0, 0.1) is 12.7 Å². The number of rotatable bonds is 4. The largest absolute Gasteiger partial charge is 0.389 e. The summed E-state index contributed by atoms with van der Waals surface area (Å²) in [5, 5.41) is 10.3. The summed E-state index contributed by atoms with van der Waals surface area (Å²) in [6, 6.07) is 3.55. The van der Waals surface area contributed by atoms with Crippen LogP contribution in [0.25, 0.3) is 0 Å². The Morgan fingerprint density at radius 2 is 1.95 bits per heavy atom. The molecule has 0 unspecified atom stereocenters. The van der Waals surface area contributed by atoms with E-state index in [1.165, 1.54) is 12.1 Å². The highest BCUT2D eigenvalue weighted by atomic mass is 32.2. The molecule has 1 saturated carbocycles. The summed E-state index contributed by atoms with van der Waals surface area (Å²) < 4.78 is 39.9. The van der Waals surface area contributed by atoms with Gasteiger partial charge in [0.25, 0.3) is 0 Å². The highest BCUT2D eigenvalue weighted by Gasteiger charge is 2.31. The molecule has 2 N–H and O–H groups in total. The Bertz CT molecular complexity index is 580. The minimum atomic E-state index is -3.72. The van der Waals surface area contributed by atoms with Crippen LogP contribution in [0.15, 0.2) is 23.1 Å². The van der Waals surface area contributed by atoms with Gasteiger partial charge in [0.15, 0.2) is 0 Å². The van der Waals surface area contributed by atoms with Gasteiger partial charge in [-0.1, -0.05) is 19.3 Å². The molecular formula is C14H20FNO3S. The van der Waals surface area contributed by atoms with Gasteiger partial charge < -0.3 is 5.11 Å². The summed E-state index contributed by atoms with van der Waals surface area (Å²) in [6.45, 7) is 1.55. The van der Waals surface area contributed by atoms with Crippen molar-refractivity contribution in [2.75, 3.05) is 6.54 Å². The predicted octanol–water partition coefficient (Wildman–Crippen LogP) is 2.11. The van der Waals surface area contributed by atoms with Gasteiger partial charge in [0.1, 0.15) is 5.82 Å². The lowest BCUT2D eigenvalue weighted by atomic mass is 9.85. The van der Waals surface area contributed by atoms with Crippen LogP contribution in [0.2, 0.25) is 0 Å². The zero-order valence-electron chi connectivity index (χ0n) is 11.5. The standard InChI is InChI=1S/C14H20FNO3S/c1-11-9-12(15)5-6-13(11)20(18,19)16-10-14(17)7-3-2-4-8-14/h5-6,9,16-17H,2-4,7-8,10H2,1H3. The molecule has 0 aromatic heterocycles. The van der Waals surface area contributed by atoms with Gasteiger partial charge in [0.05, 0.1) is 10.5 Å². The molecule has 0 aliphatic heterocycles. The third-order valence-electron chi connectivity index (χ3n) is 3.80. The topological polar surface area (TPSA) is 66.4 Å². The number of hydrogen-bond acceptors (Lipinski definition) is 3. The molecule has 0 bridgehead atoms. The Morgan fingerprint density at radius 3 is 2.55 bits per heavy atom. The lowest BCUT2D eigenvalue weighted by Crippen LogP contribution is -2.44. The van der Waals surface area contributed by atoms with E-state index in [0.717, 1.165) is 25.3 Å². The van der Waals surface area contributed by atoms with E-state index in [1.54, 1.807) is 6.92 Å². The van der Waals surface area contributed by atoms with Gasteiger partial charge in [-0.3, -0.25) is 0 Å². The van der Waals surface area contributed by atoms with Crippen molar-refractivity contribution in [3.63, 3.8) is 0 Å². The van der Waals surface area contributed by atoms with E-state index in [4.69, 9.17) is 0 Å². The monoisotopic (exact) mass is 301 g/mol. The second-order valence-corrected chi connectivity index (χ2v) is 7.25. The molecule has 1 aromatic rings. The maximum Gasteiger partial charge on any atom is 0.240 e. The SMILES string of the molecule is Cc1cc(F)ccc1S(=O)(=O)NCC1(O)CCCCC1. The minimum absolute atomic E-state index is 0.00610. The van der Waals surface area contributed by atoms with Crippen LogP contribution in [-0.2, 0) is 10.0 Å². The molecule has 1 aromatic carbocycles. The van der Waals surface area contributed by atoms with E-state index in [0.29, 0.717) is 18.4 Å². The van der Waals surface area contributed by atoms with Gasteiger partial charge in [-0.25, -0.2) is 17.5 Å². The first-order valence-electron chi connectivity index (χ1n) is 6.81. The van der Waals surface area contributed by atoms with Crippen LogP contribution in [0.3, 0.4) is 0 Å². The van der Waals surface area contributed by atoms with Gasteiger partial charge in [-0.15, -0.1) is 0 Å². The number of aliphatic hydroxyl groups is 1. The number of benzene rings is 1. The maximum absolute atomic E-state index is 13.0. The number of sulfonamides is 1. The second-order valence-electron chi connectivity index (χ2n) is 5.52. The van der Waals surface area contributed by atoms with E-state index < -0.39 is 21.4 Å². The van der Waals surface area contributed by atoms with Gasteiger partial charge in [0, 0.05) is 6.54 Å². The van der Waals surface area contributed by atoms with Crippen molar-refractivity contribution in [3.05, 3.63) is 29.6 Å². The Hall–Kier alpha value is -0.980. The first-order valence-corrected chi connectivity index (χ1v) is 8.29. The maximum atomic E-state index is 13.0. The predicted molar refractivity (Wildman–Crippen MR) is 74.4 cm³/mol. The number of nitrogens with one attached hydrogen (secondary N) is 1. The average molecular weight is 301 g/mol. The normalized spacial score (nSPS) is 18.9. The highest BCUT2D eigenvalue weighted by Crippen LogP contribution is 2.28. The van der Waals surface area contributed by atoms with Crippen molar-refractivity contribution in [3.8, 4) is 0 Å². The van der Waals surface area contributed by atoms with E-state index >= 15 is 0 Å². The van der Waals surface area contributed by atoms with Crippen molar-refractivity contribution >= 4 is 10.0 Å². The van der Waals surface area contributed by atoms with Crippen molar-refractivity contribution < 1.29 is 17.9 Å². The van der Waals surface area contributed by atoms with Crippen LogP contribution < -0.4 is 4.72 Å². The Balaban J connectivity index is 2.11. The van der Waals surface area contributed by atoms with Crippen molar-refractivity contribution in [1.82, 2.24) is 4.72 Å². The lowest BCUT2D eigenvalue weighted by molar-refractivity contribution is 0.00945. The van der Waals surface area contributed by atoms with Crippen LogP contribution >= 0.6 is 0 Å². The molecule has 1 fully saturated rings. The molecule has 0 amide bonds. The van der Waals surface area contributed by atoms with Crippen LogP contribution in [-0.4, -0.2) is 25.7 Å². The van der Waals surface area contributed by atoms with E-state index in [2.05, 4.69) is 4.72 Å². The van der Waals surface area contributed by atoms with Crippen molar-refractivity contribution in [1.29, 1.82) is 0 Å². The third kappa shape index (κ3) is 3.56. The summed E-state index contributed by atoms with van der Waals surface area (Å²) in [5.74, 6) is -0.465. The van der Waals surface area contributed by atoms with Crippen LogP contribution in [0.5, 0.6) is 0 Å². The molecule has 0 radical (unpaired) electrons. The molecule has 112 valence electrons. The number of aryl methyl sites for hydroxylation is 1. The number of hydrogen-bond donors (Lipinski definition) is 2. The molecule has 20 heavy (non-hydrogen) atoms. The zero-order chi connectivity index (χ0) is 14.8. The Kier molecular flexibility index (Phi) is 4.46. The average Bonchev–Trinajstić information content (AvgIpc) is 2.37. The van der Waals surface area contributed by atoms with Crippen molar-refractivity contribution in [2.45, 2.75) is 49.5 Å². The quantitative estimate of drug-likeness (QED) is 0.895. The van der Waals surface area contributed by atoms with Crippen LogP contribution in [0.1, 0.15) is 37.7 Å². The molecule has 1 aliphatic rings. The Labute approximate surface area is 119 Å². The summed E-state index contributed by atoms with van der Waals surface area (Å²) >= 11 is 0. The van der Waals surface area contributed by atoms with E-state index in [9.17, 15) is 17.9 Å². The van der Waals surface area contributed by atoms with Gasteiger partial charge in [-0.05, 0) is 43.5 Å². The molecule has 4 nitrogen and oxygen atoms in total. The van der Waals surface area contributed by atoms with Crippen molar-refractivity contribution in [2.24, 2.45) is 0 Å². The smallest absolute Gasteiger partial charge is 0.240 e. The lowest BCUT2D eigenvalue weighted by Gasteiger charge is -2.32. The molecule has 0 atom stereocenters. The van der Waals surface area contributed by atoms with E-state index in [-0.39, 0.29) is 11.4 Å². The molecular weight excluding hydrogens is 281 g/mol. The summed E-state index contributed by atoms with van der Waals surface area (Å²) in [4.78, 5) is 0.0540. The molecule has 6 heteroatoms. The summed E-state index contributed by atoms with van der Waals surface area (Å²) in [5.41, 5.74) is -0.604. The summed E-state index contributed by atoms with van der Waals surface area (Å²) in [7, 11) is -3.72. The minimum Gasteiger partial charge on any atom is -0.389 e. The zero-order valence-corrected chi connectivity index (χ0v) is 12.3. The highest BCUT2D eigenvalue weighted by molar-refractivity contribution is 7.89. The van der Waals surface area contributed by atoms with Gasteiger partial charge >= 0.3 is 0 Å². The summed E-state index contributed by atoms with van der Waals surface area (Å²) in [6.07, 6.45) is 4.11. The fourth-order valence-corrected chi connectivity index (χ4v) is 3.95. The Morgan fingerprint density at radius 1 is 1.30 bits per heavy atom. The number of halogens is 1. The molecule has 2 rings (SSSR count). The second kappa shape index (κ2) is 5.79. The molecule has 0 heterocycles. The first-order chi connectivity index (χ1) is 9.32. The molecule has 0 saturated heterocycles. The third-order valence-corrected chi connectivity index (χ3v) is 5.36. The van der Waals surface area contributed by atoms with Gasteiger partial charge in [-0.2, -0.15) is 0 Å². The molecule has 1 aliphatic carbocycles. The van der Waals surface area contributed by atoms with E-state index in [1.807, 2.05) is 0 Å². The fraction of sp³-hybridized carbons (Fsp3) is 0.571. The van der Waals surface area contributed by atoms with Gasteiger partial charge in [0.2, 0.25) is 10.0 Å².